The van der Waals surface area contributed by atoms with E-state index >= 15 is 0 Å². The lowest BCUT2D eigenvalue weighted by atomic mass is 9.72. The number of hydrogen-bond acceptors (Lipinski definition) is 3. The fourth-order valence-corrected chi connectivity index (χ4v) is 5.70. The predicted molar refractivity (Wildman–Crippen MR) is 121 cm³/mol. The third-order valence-electron chi connectivity index (χ3n) is 6.15. The van der Waals surface area contributed by atoms with Gasteiger partial charge in [0.25, 0.3) is 15.7 Å². The molecule has 0 bridgehead atoms. The summed E-state index contributed by atoms with van der Waals surface area (Å²) in [5.74, 6) is -0.0481. The van der Waals surface area contributed by atoms with Crippen molar-refractivity contribution in [1.29, 1.82) is 0 Å². The lowest BCUT2D eigenvalue weighted by Crippen LogP contribution is -2.32. The topological polar surface area (TPSA) is 47.7 Å². The van der Waals surface area contributed by atoms with E-state index < -0.39 is 21.8 Å². The Morgan fingerprint density at radius 3 is 1.94 bits per heavy atom. The first kappa shape index (κ1) is 21.3. The van der Waals surface area contributed by atoms with E-state index in [1.807, 2.05) is 67.6 Å². The van der Waals surface area contributed by atoms with Crippen LogP contribution in [0.3, 0.4) is 0 Å². The Hall–Kier alpha value is -2.94. The zero-order valence-electron chi connectivity index (χ0n) is 17.4. The third kappa shape index (κ3) is 4.14. The lowest BCUT2D eigenvalue weighted by Gasteiger charge is -2.29. The highest BCUT2D eigenvalue weighted by molar-refractivity contribution is 7.86. The third-order valence-corrected chi connectivity index (χ3v) is 7.53. The summed E-state index contributed by atoms with van der Waals surface area (Å²) in [5, 5.41) is 0. The summed E-state index contributed by atoms with van der Waals surface area (Å²) in [4.78, 5) is 4.36. The summed E-state index contributed by atoms with van der Waals surface area (Å²) in [6, 6.07) is 26.3. The number of nitrogens with zero attached hydrogens (tertiary/aromatic N) is 1. The maximum atomic E-state index is 12.8. The Labute approximate surface area is 184 Å². The molecule has 158 valence electrons. The average Bonchev–Trinajstić information content (AvgIpc) is 3.24. The minimum absolute atomic E-state index is 0.0481. The Balaban J connectivity index is 1.64. The van der Waals surface area contributed by atoms with E-state index in [4.69, 9.17) is 10.8 Å². The SMILES string of the molecule is [C-]#[N+]C(c1ccccc1)(c1ccccc1)C1CC[C@@H](OS(=O)(=O)c2ccc(C)cc2)C1. The average molecular weight is 432 g/mol. The first-order chi connectivity index (χ1) is 15.0. The van der Waals surface area contributed by atoms with E-state index in [1.54, 1.807) is 24.3 Å². The van der Waals surface area contributed by atoms with Crippen molar-refractivity contribution in [3.63, 3.8) is 0 Å². The molecule has 31 heavy (non-hydrogen) atoms. The largest absolute Gasteiger partial charge is 0.300 e. The molecule has 0 aromatic heterocycles. The van der Waals surface area contributed by atoms with Crippen molar-refractivity contribution in [2.45, 2.75) is 42.7 Å². The van der Waals surface area contributed by atoms with E-state index in [9.17, 15) is 8.42 Å². The normalized spacial score (nSPS) is 19.1. The Bertz CT molecular complexity index is 1130. The van der Waals surface area contributed by atoms with Crippen molar-refractivity contribution in [3.05, 3.63) is 113 Å². The Kier molecular flexibility index (Phi) is 5.95. The molecular formula is C26H25NO3S. The maximum absolute atomic E-state index is 12.8. The summed E-state index contributed by atoms with van der Waals surface area (Å²) in [7, 11) is -3.84. The van der Waals surface area contributed by atoms with Gasteiger partial charge in [0.1, 0.15) is 0 Å². The van der Waals surface area contributed by atoms with E-state index in [0.29, 0.717) is 12.8 Å². The molecule has 1 fully saturated rings. The molecule has 0 amide bonds. The van der Waals surface area contributed by atoms with Gasteiger partial charge in [-0.1, -0.05) is 78.4 Å². The molecule has 0 radical (unpaired) electrons. The van der Waals surface area contributed by atoms with Crippen molar-refractivity contribution in [2.75, 3.05) is 0 Å². The molecule has 0 spiro atoms. The maximum Gasteiger partial charge on any atom is 0.297 e. The van der Waals surface area contributed by atoms with Crippen molar-refractivity contribution in [2.24, 2.45) is 5.92 Å². The van der Waals surface area contributed by atoms with Crippen LogP contribution >= 0.6 is 0 Å². The number of aryl methyl sites for hydroxylation is 1. The summed E-state index contributed by atoms with van der Waals surface area (Å²) in [6.45, 7) is 10.1. The summed E-state index contributed by atoms with van der Waals surface area (Å²) in [6.07, 6.45) is 1.40. The van der Waals surface area contributed by atoms with Crippen LogP contribution in [-0.2, 0) is 19.8 Å². The number of rotatable bonds is 6. The van der Waals surface area contributed by atoms with Crippen LogP contribution in [0.15, 0.2) is 89.8 Å². The molecular weight excluding hydrogens is 406 g/mol. The van der Waals surface area contributed by atoms with Crippen LogP contribution in [-0.4, -0.2) is 14.5 Å². The van der Waals surface area contributed by atoms with E-state index in [0.717, 1.165) is 23.1 Å². The van der Waals surface area contributed by atoms with Gasteiger partial charge < -0.3 is 0 Å². The highest BCUT2D eigenvalue weighted by Crippen LogP contribution is 2.49. The lowest BCUT2D eigenvalue weighted by molar-refractivity contribution is 0.205. The zero-order valence-corrected chi connectivity index (χ0v) is 18.3. The van der Waals surface area contributed by atoms with Gasteiger partial charge in [0.15, 0.2) is 0 Å². The van der Waals surface area contributed by atoms with Crippen LogP contribution in [0, 0.1) is 19.4 Å². The van der Waals surface area contributed by atoms with Gasteiger partial charge in [0, 0.05) is 17.0 Å². The second-order valence-corrected chi connectivity index (χ2v) is 9.68. The first-order valence-electron chi connectivity index (χ1n) is 10.5. The fraction of sp³-hybridized carbons (Fsp3) is 0.269. The van der Waals surface area contributed by atoms with Crippen LogP contribution in [0.4, 0.5) is 0 Å². The van der Waals surface area contributed by atoms with Crippen LogP contribution in [0.2, 0.25) is 0 Å². The van der Waals surface area contributed by atoms with Gasteiger partial charge in [-0.2, -0.15) is 8.42 Å². The summed E-state index contributed by atoms with van der Waals surface area (Å²) in [5.41, 5.74) is 1.99. The van der Waals surface area contributed by atoms with Gasteiger partial charge in [-0.3, -0.25) is 9.03 Å². The monoisotopic (exact) mass is 431 g/mol. The van der Waals surface area contributed by atoms with E-state index in [-0.39, 0.29) is 10.8 Å². The molecule has 0 aliphatic heterocycles. The summed E-state index contributed by atoms with van der Waals surface area (Å²) < 4.78 is 31.2. The molecule has 4 rings (SSSR count). The van der Waals surface area contributed by atoms with Gasteiger partial charge in [-0.05, 0) is 38.3 Å². The van der Waals surface area contributed by atoms with Crippen LogP contribution in [0.5, 0.6) is 0 Å². The fourth-order valence-electron chi connectivity index (χ4n) is 4.59. The molecule has 0 saturated heterocycles. The molecule has 4 nitrogen and oxygen atoms in total. The van der Waals surface area contributed by atoms with Crippen molar-refractivity contribution in [1.82, 2.24) is 0 Å². The van der Waals surface area contributed by atoms with E-state index in [1.165, 1.54) is 0 Å². The molecule has 0 N–H and O–H groups in total. The minimum Gasteiger partial charge on any atom is -0.300 e. The second-order valence-electron chi connectivity index (χ2n) is 8.11. The minimum atomic E-state index is -3.84. The Morgan fingerprint density at radius 2 is 1.42 bits per heavy atom. The molecule has 2 atom stereocenters. The highest BCUT2D eigenvalue weighted by atomic mass is 32.2. The number of benzene rings is 3. The molecule has 1 unspecified atom stereocenters. The van der Waals surface area contributed by atoms with Gasteiger partial charge in [0.2, 0.25) is 0 Å². The van der Waals surface area contributed by atoms with Crippen LogP contribution in [0.1, 0.15) is 36.0 Å². The van der Waals surface area contributed by atoms with Crippen molar-refractivity contribution < 1.29 is 12.6 Å². The zero-order chi connectivity index (χ0) is 21.9. The molecule has 1 aliphatic rings. The van der Waals surface area contributed by atoms with Gasteiger partial charge >= 0.3 is 0 Å². The number of hydrogen-bond donors (Lipinski definition) is 0. The Morgan fingerprint density at radius 1 is 0.871 bits per heavy atom. The standard InChI is InChI=1S/C26H25NO3S/c1-20-13-17-25(18-14-20)31(28,29)30-24-16-15-23(19-24)26(27-2,21-9-5-3-6-10-21)22-11-7-4-8-12-22/h3-14,17-18,23-24H,15-16,19H2,1H3/t23?,24-/m1/s1. The van der Waals surface area contributed by atoms with Gasteiger partial charge in [-0.25, -0.2) is 6.57 Å². The van der Waals surface area contributed by atoms with Gasteiger partial charge in [-0.15, -0.1) is 0 Å². The van der Waals surface area contributed by atoms with E-state index in [2.05, 4.69) is 4.85 Å². The smallest absolute Gasteiger partial charge is 0.297 e. The quantitative estimate of drug-likeness (QED) is 0.370. The van der Waals surface area contributed by atoms with Crippen molar-refractivity contribution in [3.8, 4) is 0 Å². The molecule has 0 heterocycles. The molecule has 1 saturated carbocycles. The van der Waals surface area contributed by atoms with Gasteiger partial charge in [0.05, 0.1) is 11.0 Å². The first-order valence-corrected chi connectivity index (χ1v) is 11.9. The molecule has 5 heteroatoms. The highest BCUT2D eigenvalue weighted by Gasteiger charge is 2.52. The molecule has 3 aromatic carbocycles. The molecule has 3 aromatic rings. The second kappa shape index (κ2) is 8.66. The summed E-state index contributed by atoms with van der Waals surface area (Å²) >= 11 is 0. The van der Waals surface area contributed by atoms with Crippen molar-refractivity contribution >= 4 is 10.1 Å². The van der Waals surface area contributed by atoms with Crippen LogP contribution < -0.4 is 0 Å². The predicted octanol–water partition coefficient (Wildman–Crippen LogP) is 5.73. The van der Waals surface area contributed by atoms with Crippen LogP contribution in [0.25, 0.3) is 4.85 Å². The molecule has 1 aliphatic carbocycles.